The molecule has 0 spiro atoms. The Labute approximate surface area is 159 Å². The summed E-state index contributed by atoms with van der Waals surface area (Å²) in [5, 5.41) is 6.88. The highest BCUT2D eigenvalue weighted by Crippen LogP contribution is 2.09. The molecule has 0 radical (unpaired) electrons. The zero-order chi connectivity index (χ0) is 19.0. The molecule has 26 heavy (non-hydrogen) atoms. The molecule has 2 aliphatic heterocycles. The maximum atomic E-state index is 12.3. The van der Waals surface area contributed by atoms with Gasteiger partial charge in [-0.25, -0.2) is 0 Å². The summed E-state index contributed by atoms with van der Waals surface area (Å²) in [6, 6.07) is 0. The zero-order valence-electron chi connectivity index (χ0n) is 17.2. The minimum atomic E-state index is 0.126. The van der Waals surface area contributed by atoms with E-state index in [0.29, 0.717) is 12.5 Å². The van der Waals surface area contributed by atoms with Gasteiger partial charge in [0.15, 0.2) is 5.96 Å². The lowest BCUT2D eigenvalue weighted by molar-refractivity contribution is -0.131. The molecule has 2 heterocycles. The van der Waals surface area contributed by atoms with Crippen LogP contribution in [0.2, 0.25) is 0 Å². The quantitative estimate of drug-likeness (QED) is 0.409. The van der Waals surface area contributed by atoms with Crippen molar-refractivity contribution in [2.24, 2.45) is 4.99 Å². The number of piperazine rings is 1. The Morgan fingerprint density at radius 3 is 2.23 bits per heavy atom. The minimum absolute atomic E-state index is 0.126. The van der Waals surface area contributed by atoms with Crippen LogP contribution in [0.5, 0.6) is 0 Å². The number of carbonyl (C=O) groups excluding carboxylic acids is 1. The van der Waals surface area contributed by atoms with Crippen LogP contribution in [0.1, 0.15) is 40.5 Å². The number of nitrogens with zero attached hydrogens (tertiary/aromatic N) is 4. The number of rotatable bonds is 6. The molecule has 2 rings (SSSR count). The van der Waals surface area contributed by atoms with Crippen molar-refractivity contribution in [1.82, 2.24) is 25.3 Å². The average molecular weight is 367 g/mol. The second kappa shape index (κ2) is 10.1. The Balaban J connectivity index is 1.76. The first kappa shape index (κ1) is 21.0. The van der Waals surface area contributed by atoms with Crippen molar-refractivity contribution in [3.8, 4) is 0 Å². The van der Waals surface area contributed by atoms with Gasteiger partial charge in [0.1, 0.15) is 0 Å². The van der Waals surface area contributed by atoms with Gasteiger partial charge in [-0.3, -0.25) is 14.7 Å². The van der Waals surface area contributed by atoms with E-state index in [1.807, 2.05) is 4.90 Å². The van der Waals surface area contributed by atoms with E-state index in [-0.39, 0.29) is 5.54 Å². The second-order valence-corrected chi connectivity index (χ2v) is 8.26. The van der Waals surface area contributed by atoms with E-state index in [0.717, 1.165) is 77.7 Å². The molecule has 0 saturated carbocycles. The Kier molecular flexibility index (Phi) is 8.15. The lowest BCUT2D eigenvalue weighted by atomic mass is 10.1. The summed E-state index contributed by atoms with van der Waals surface area (Å²) in [4.78, 5) is 23.7. The molecule has 2 saturated heterocycles. The van der Waals surface area contributed by atoms with Gasteiger partial charge in [0.25, 0.3) is 0 Å². The van der Waals surface area contributed by atoms with Gasteiger partial charge < -0.3 is 20.4 Å². The molecule has 0 aliphatic carbocycles. The summed E-state index contributed by atoms with van der Waals surface area (Å²) in [6.45, 7) is 17.3. The summed E-state index contributed by atoms with van der Waals surface area (Å²) >= 11 is 0. The van der Waals surface area contributed by atoms with E-state index < -0.39 is 0 Å². The van der Waals surface area contributed by atoms with Crippen LogP contribution in [0.25, 0.3) is 0 Å². The van der Waals surface area contributed by atoms with Crippen LogP contribution in [0.4, 0.5) is 0 Å². The Hall–Kier alpha value is -1.34. The van der Waals surface area contributed by atoms with Crippen molar-refractivity contribution in [2.45, 2.75) is 46.1 Å². The van der Waals surface area contributed by atoms with Crippen LogP contribution in [0.15, 0.2) is 4.99 Å². The first-order chi connectivity index (χ1) is 12.4. The molecule has 2 N–H and O–H groups in total. The molecule has 7 heteroatoms. The second-order valence-electron chi connectivity index (χ2n) is 8.26. The number of guanidine groups is 1. The number of likely N-dealkylation sites (tertiary alicyclic amines) is 1. The van der Waals surface area contributed by atoms with Crippen LogP contribution >= 0.6 is 0 Å². The van der Waals surface area contributed by atoms with Gasteiger partial charge in [-0.1, -0.05) is 0 Å². The summed E-state index contributed by atoms with van der Waals surface area (Å²) in [5.74, 6) is 1.29. The van der Waals surface area contributed by atoms with Gasteiger partial charge >= 0.3 is 0 Å². The van der Waals surface area contributed by atoms with E-state index in [1.165, 1.54) is 0 Å². The molecule has 7 nitrogen and oxygen atoms in total. The Morgan fingerprint density at radius 1 is 1.00 bits per heavy atom. The molecular weight excluding hydrogens is 328 g/mol. The Morgan fingerprint density at radius 2 is 1.65 bits per heavy atom. The maximum Gasteiger partial charge on any atom is 0.236 e. The molecule has 150 valence electrons. The number of nitrogens with one attached hydrogen (secondary N) is 2. The lowest BCUT2D eigenvalue weighted by Gasteiger charge is -2.36. The fourth-order valence-corrected chi connectivity index (χ4v) is 3.39. The standard InChI is InChI=1S/C19H38N6O/c1-5-20-18(21-8-9-22-19(2,3)4)25-14-12-23(13-15-25)16-17(26)24-10-6-7-11-24/h22H,5-16H2,1-4H3,(H,20,21). The summed E-state index contributed by atoms with van der Waals surface area (Å²) < 4.78 is 0. The van der Waals surface area contributed by atoms with Crippen LogP contribution in [0, 0.1) is 0 Å². The lowest BCUT2D eigenvalue weighted by Crippen LogP contribution is -2.54. The topological polar surface area (TPSA) is 63.2 Å². The van der Waals surface area contributed by atoms with E-state index in [2.05, 4.69) is 48.1 Å². The number of aliphatic imine (C=N–C) groups is 1. The van der Waals surface area contributed by atoms with E-state index in [4.69, 9.17) is 4.99 Å². The summed E-state index contributed by atoms with van der Waals surface area (Å²) in [6.07, 6.45) is 2.32. The minimum Gasteiger partial charge on any atom is -0.357 e. The third-order valence-corrected chi connectivity index (χ3v) is 4.85. The zero-order valence-corrected chi connectivity index (χ0v) is 17.2. The van der Waals surface area contributed by atoms with Gasteiger partial charge in [0.2, 0.25) is 5.91 Å². The monoisotopic (exact) mass is 366 g/mol. The molecule has 2 aliphatic rings. The van der Waals surface area contributed by atoms with Crippen molar-refractivity contribution >= 4 is 11.9 Å². The van der Waals surface area contributed by atoms with Crippen LogP contribution in [-0.2, 0) is 4.79 Å². The number of hydrogen-bond donors (Lipinski definition) is 2. The summed E-state index contributed by atoms with van der Waals surface area (Å²) in [5.41, 5.74) is 0.126. The number of amides is 1. The molecular formula is C19H38N6O. The van der Waals surface area contributed by atoms with Gasteiger partial charge in [-0.15, -0.1) is 0 Å². The molecule has 0 atom stereocenters. The molecule has 1 amide bonds. The molecule has 0 aromatic carbocycles. The van der Waals surface area contributed by atoms with E-state index in [1.54, 1.807) is 0 Å². The van der Waals surface area contributed by atoms with Crippen molar-refractivity contribution in [1.29, 1.82) is 0 Å². The highest BCUT2D eigenvalue weighted by Gasteiger charge is 2.24. The maximum absolute atomic E-state index is 12.3. The van der Waals surface area contributed by atoms with Crippen molar-refractivity contribution in [2.75, 3.05) is 65.4 Å². The van der Waals surface area contributed by atoms with Gasteiger partial charge in [-0.2, -0.15) is 0 Å². The van der Waals surface area contributed by atoms with Crippen LogP contribution in [-0.4, -0.2) is 97.6 Å². The Bertz CT molecular complexity index is 459. The number of carbonyl (C=O) groups is 1. The average Bonchev–Trinajstić information content (AvgIpc) is 3.12. The fraction of sp³-hybridized carbons (Fsp3) is 0.895. The number of hydrogen-bond acceptors (Lipinski definition) is 4. The van der Waals surface area contributed by atoms with Gasteiger partial charge in [0, 0.05) is 57.9 Å². The normalized spacial score (nSPS) is 19.9. The van der Waals surface area contributed by atoms with Gasteiger partial charge in [-0.05, 0) is 40.5 Å². The van der Waals surface area contributed by atoms with Crippen molar-refractivity contribution in [3.63, 3.8) is 0 Å². The predicted octanol–water partition coefficient (Wildman–Crippen LogP) is 0.580. The smallest absolute Gasteiger partial charge is 0.236 e. The molecule has 0 unspecified atom stereocenters. The largest absolute Gasteiger partial charge is 0.357 e. The highest BCUT2D eigenvalue weighted by atomic mass is 16.2. The highest BCUT2D eigenvalue weighted by molar-refractivity contribution is 5.80. The summed E-state index contributed by atoms with van der Waals surface area (Å²) in [7, 11) is 0. The van der Waals surface area contributed by atoms with Crippen LogP contribution < -0.4 is 10.6 Å². The predicted molar refractivity (Wildman–Crippen MR) is 108 cm³/mol. The molecule has 0 bridgehead atoms. The third-order valence-electron chi connectivity index (χ3n) is 4.85. The first-order valence-electron chi connectivity index (χ1n) is 10.2. The molecule has 0 aromatic rings. The fourth-order valence-electron chi connectivity index (χ4n) is 3.39. The first-order valence-corrected chi connectivity index (χ1v) is 10.2. The van der Waals surface area contributed by atoms with Crippen molar-refractivity contribution < 1.29 is 4.79 Å². The van der Waals surface area contributed by atoms with Crippen LogP contribution in [0.3, 0.4) is 0 Å². The molecule has 0 aromatic heterocycles. The SMILES string of the molecule is CCNC(=NCCNC(C)(C)C)N1CCN(CC(=O)N2CCCC2)CC1. The third kappa shape index (κ3) is 7.11. The van der Waals surface area contributed by atoms with E-state index >= 15 is 0 Å². The van der Waals surface area contributed by atoms with E-state index in [9.17, 15) is 4.79 Å². The molecule has 2 fully saturated rings. The van der Waals surface area contributed by atoms with Crippen molar-refractivity contribution in [3.05, 3.63) is 0 Å². The van der Waals surface area contributed by atoms with Gasteiger partial charge in [0.05, 0.1) is 13.1 Å².